The number of thioether (sulfide) groups is 1. The van der Waals surface area contributed by atoms with Gasteiger partial charge in [-0.25, -0.2) is 4.98 Å². The van der Waals surface area contributed by atoms with E-state index in [9.17, 15) is 4.79 Å². The Balaban J connectivity index is 2.39. The summed E-state index contributed by atoms with van der Waals surface area (Å²) in [5, 5.41) is 8.49. The SMILES string of the molecule is Cc1nsc(SCC(N)C(=O)O)n1. The highest BCUT2D eigenvalue weighted by Crippen LogP contribution is 2.19. The molecule has 0 aliphatic carbocycles. The lowest BCUT2D eigenvalue weighted by Gasteiger charge is -2.02. The molecule has 3 N–H and O–H groups in total. The molecule has 72 valence electrons. The number of aryl methyl sites for hydroxylation is 1. The van der Waals surface area contributed by atoms with E-state index in [1.165, 1.54) is 23.3 Å². The van der Waals surface area contributed by atoms with E-state index in [1.807, 2.05) is 0 Å². The summed E-state index contributed by atoms with van der Waals surface area (Å²) < 4.78 is 4.72. The zero-order valence-corrected chi connectivity index (χ0v) is 8.56. The third kappa shape index (κ3) is 3.29. The van der Waals surface area contributed by atoms with Gasteiger partial charge in [-0.15, -0.1) is 0 Å². The standard InChI is InChI=1S/C6H9N3O2S2/c1-3-8-6(13-9-3)12-2-4(7)5(10)11/h4H,2,7H2,1H3,(H,10,11). The van der Waals surface area contributed by atoms with Crippen LogP contribution in [0.25, 0.3) is 0 Å². The van der Waals surface area contributed by atoms with Gasteiger partial charge in [-0.05, 0) is 18.5 Å². The predicted molar refractivity (Wildman–Crippen MR) is 51.0 cm³/mol. The molecule has 0 aromatic carbocycles. The lowest BCUT2D eigenvalue weighted by Crippen LogP contribution is -2.32. The number of carboxylic acids is 1. The molecule has 0 amide bonds. The molecule has 1 unspecified atom stereocenters. The van der Waals surface area contributed by atoms with E-state index in [1.54, 1.807) is 6.92 Å². The molecule has 0 saturated heterocycles. The first-order valence-electron chi connectivity index (χ1n) is 3.51. The second-order valence-electron chi connectivity index (χ2n) is 2.36. The van der Waals surface area contributed by atoms with Gasteiger partial charge in [-0.1, -0.05) is 11.8 Å². The van der Waals surface area contributed by atoms with Crippen molar-refractivity contribution in [2.75, 3.05) is 5.75 Å². The van der Waals surface area contributed by atoms with Gasteiger partial charge in [0.15, 0.2) is 4.34 Å². The summed E-state index contributed by atoms with van der Waals surface area (Å²) in [6.07, 6.45) is 0. The Labute approximate surface area is 83.5 Å². The molecule has 13 heavy (non-hydrogen) atoms. The van der Waals surface area contributed by atoms with Crippen molar-refractivity contribution in [2.24, 2.45) is 5.73 Å². The highest BCUT2D eigenvalue weighted by Gasteiger charge is 2.12. The van der Waals surface area contributed by atoms with Crippen LogP contribution in [-0.4, -0.2) is 32.2 Å². The number of aromatic nitrogens is 2. The normalized spacial score (nSPS) is 12.8. The minimum Gasteiger partial charge on any atom is -0.480 e. The van der Waals surface area contributed by atoms with E-state index in [0.29, 0.717) is 11.6 Å². The summed E-state index contributed by atoms with van der Waals surface area (Å²) in [6, 6.07) is -0.839. The van der Waals surface area contributed by atoms with E-state index in [4.69, 9.17) is 10.8 Å². The average molecular weight is 219 g/mol. The molecular weight excluding hydrogens is 210 g/mol. The highest BCUT2D eigenvalue weighted by atomic mass is 32.2. The fraction of sp³-hybridized carbons (Fsp3) is 0.500. The van der Waals surface area contributed by atoms with Crippen LogP contribution in [0.5, 0.6) is 0 Å². The molecule has 0 saturated carbocycles. The van der Waals surface area contributed by atoms with Crippen molar-refractivity contribution in [3.8, 4) is 0 Å². The smallest absolute Gasteiger partial charge is 0.321 e. The molecule has 7 heteroatoms. The van der Waals surface area contributed by atoms with Crippen LogP contribution in [-0.2, 0) is 4.79 Å². The van der Waals surface area contributed by atoms with Crippen molar-refractivity contribution >= 4 is 29.3 Å². The molecule has 1 heterocycles. The Bertz CT molecular complexity index is 302. The summed E-state index contributed by atoms with van der Waals surface area (Å²) in [7, 11) is 0. The zero-order valence-electron chi connectivity index (χ0n) is 6.93. The number of nitrogens with two attached hydrogens (primary N) is 1. The van der Waals surface area contributed by atoms with Gasteiger partial charge in [0, 0.05) is 5.75 Å². The molecule has 0 fully saturated rings. The Morgan fingerprint density at radius 3 is 3.00 bits per heavy atom. The second-order valence-corrected chi connectivity index (χ2v) is 4.38. The Hall–Kier alpha value is -0.660. The maximum atomic E-state index is 10.4. The van der Waals surface area contributed by atoms with Gasteiger partial charge in [0.2, 0.25) is 0 Å². The van der Waals surface area contributed by atoms with Gasteiger partial charge < -0.3 is 10.8 Å². The van der Waals surface area contributed by atoms with Crippen LogP contribution in [0.3, 0.4) is 0 Å². The minimum atomic E-state index is -0.992. The maximum Gasteiger partial charge on any atom is 0.321 e. The van der Waals surface area contributed by atoms with E-state index in [-0.39, 0.29) is 0 Å². The molecule has 0 radical (unpaired) electrons. The van der Waals surface area contributed by atoms with Crippen molar-refractivity contribution in [2.45, 2.75) is 17.3 Å². The van der Waals surface area contributed by atoms with E-state index >= 15 is 0 Å². The number of rotatable bonds is 4. The molecular formula is C6H9N3O2S2. The van der Waals surface area contributed by atoms with Crippen LogP contribution in [0.1, 0.15) is 5.82 Å². The van der Waals surface area contributed by atoms with Crippen molar-refractivity contribution in [1.29, 1.82) is 0 Å². The van der Waals surface area contributed by atoms with Gasteiger partial charge in [0.05, 0.1) is 0 Å². The number of carbonyl (C=O) groups is 1. The molecule has 0 bridgehead atoms. The van der Waals surface area contributed by atoms with E-state index in [0.717, 1.165) is 4.34 Å². The van der Waals surface area contributed by atoms with Crippen LogP contribution < -0.4 is 5.73 Å². The first kappa shape index (κ1) is 10.4. The maximum absolute atomic E-state index is 10.4. The molecule has 0 spiro atoms. The zero-order chi connectivity index (χ0) is 9.84. The van der Waals surface area contributed by atoms with E-state index < -0.39 is 12.0 Å². The fourth-order valence-corrected chi connectivity index (χ4v) is 2.18. The number of hydrogen-bond donors (Lipinski definition) is 2. The lowest BCUT2D eigenvalue weighted by atomic mass is 10.4. The largest absolute Gasteiger partial charge is 0.480 e. The predicted octanol–water partition coefficient (Wildman–Crippen LogP) is 0.351. The first-order valence-corrected chi connectivity index (χ1v) is 5.27. The van der Waals surface area contributed by atoms with Crippen LogP contribution in [0.2, 0.25) is 0 Å². The van der Waals surface area contributed by atoms with Crippen molar-refractivity contribution in [3.63, 3.8) is 0 Å². The number of carboxylic acid groups (broad SMARTS) is 1. The summed E-state index contributed by atoms with van der Waals surface area (Å²) >= 11 is 2.57. The second kappa shape index (κ2) is 4.54. The summed E-state index contributed by atoms with van der Waals surface area (Å²) in [6.45, 7) is 1.79. The van der Waals surface area contributed by atoms with E-state index in [2.05, 4.69) is 9.36 Å². The van der Waals surface area contributed by atoms with Crippen LogP contribution >= 0.6 is 23.3 Å². The molecule has 5 nitrogen and oxygen atoms in total. The highest BCUT2D eigenvalue weighted by molar-refractivity contribution is 8.01. The Morgan fingerprint density at radius 2 is 2.54 bits per heavy atom. The Morgan fingerprint density at radius 1 is 1.85 bits per heavy atom. The lowest BCUT2D eigenvalue weighted by molar-refractivity contribution is -0.137. The average Bonchev–Trinajstić information content (AvgIpc) is 2.47. The van der Waals surface area contributed by atoms with Crippen molar-refractivity contribution in [3.05, 3.63) is 5.82 Å². The molecule has 1 rings (SSSR count). The Kier molecular flexibility index (Phi) is 3.64. The molecule has 1 aromatic heterocycles. The van der Waals surface area contributed by atoms with Gasteiger partial charge in [-0.3, -0.25) is 4.79 Å². The summed E-state index contributed by atoms with van der Waals surface area (Å²) in [5.74, 6) is 0.0365. The van der Waals surface area contributed by atoms with Crippen LogP contribution in [0.15, 0.2) is 4.34 Å². The van der Waals surface area contributed by atoms with Crippen molar-refractivity contribution in [1.82, 2.24) is 9.36 Å². The molecule has 0 aliphatic rings. The summed E-state index contributed by atoms with van der Waals surface area (Å²) in [4.78, 5) is 14.4. The van der Waals surface area contributed by atoms with Gasteiger partial charge in [-0.2, -0.15) is 4.37 Å². The van der Waals surface area contributed by atoms with Gasteiger partial charge >= 0.3 is 5.97 Å². The molecule has 1 atom stereocenters. The fourth-order valence-electron chi connectivity index (χ4n) is 0.569. The topological polar surface area (TPSA) is 89.1 Å². The molecule has 1 aromatic rings. The summed E-state index contributed by atoms with van der Waals surface area (Å²) in [5.41, 5.74) is 5.31. The monoisotopic (exact) mass is 219 g/mol. The van der Waals surface area contributed by atoms with Gasteiger partial charge in [0.1, 0.15) is 11.9 Å². The van der Waals surface area contributed by atoms with Crippen LogP contribution in [0, 0.1) is 6.92 Å². The number of aliphatic carboxylic acids is 1. The van der Waals surface area contributed by atoms with Gasteiger partial charge in [0.25, 0.3) is 0 Å². The quantitative estimate of drug-likeness (QED) is 0.710. The molecule has 0 aliphatic heterocycles. The third-order valence-electron chi connectivity index (χ3n) is 1.21. The van der Waals surface area contributed by atoms with Crippen molar-refractivity contribution < 1.29 is 9.90 Å². The number of nitrogens with zero attached hydrogens (tertiary/aromatic N) is 2. The number of hydrogen-bond acceptors (Lipinski definition) is 6. The van der Waals surface area contributed by atoms with Crippen LogP contribution in [0.4, 0.5) is 0 Å². The minimum absolute atomic E-state index is 0.323. The third-order valence-corrected chi connectivity index (χ3v) is 3.26. The first-order chi connectivity index (χ1) is 6.09.